The molecule has 1 aliphatic rings. The first-order valence-electron chi connectivity index (χ1n) is 7.95. The molecule has 1 atom stereocenters. The van der Waals surface area contributed by atoms with E-state index >= 15 is 0 Å². The molecule has 25 heavy (non-hydrogen) atoms. The number of carbonyl (C=O) groups is 2. The van der Waals surface area contributed by atoms with Crippen molar-refractivity contribution in [3.63, 3.8) is 0 Å². The Hall–Kier alpha value is -2.53. The summed E-state index contributed by atoms with van der Waals surface area (Å²) in [6.07, 6.45) is 0.0431. The Bertz CT molecular complexity index is 821. The minimum atomic E-state index is -0.936. The van der Waals surface area contributed by atoms with Gasteiger partial charge in [-0.15, -0.1) is 0 Å². The maximum Gasteiger partial charge on any atom is 0.308 e. The predicted molar refractivity (Wildman–Crippen MR) is 95.1 cm³/mol. The number of hydrogen-bond acceptors (Lipinski definition) is 3. The van der Waals surface area contributed by atoms with Crippen molar-refractivity contribution in [2.75, 3.05) is 11.4 Å². The van der Waals surface area contributed by atoms with E-state index in [1.165, 1.54) is 4.90 Å². The van der Waals surface area contributed by atoms with E-state index in [0.717, 1.165) is 11.1 Å². The van der Waals surface area contributed by atoms with Crippen LogP contribution in [0.4, 0.5) is 5.69 Å². The summed E-state index contributed by atoms with van der Waals surface area (Å²) in [5, 5.41) is 9.74. The van der Waals surface area contributed by atoms with Crippen molar-refractivity contribution in [1.29, 1.82) is 0 Å². The molecule has 1 fully saturated rings. The third kappa shape index (κ3) is 3.94. The first-order chi connectivity index (χ1) is 11.9. The van der Waals surface area contributed by atoms with Gasteiger partial charge < -0.3 is 14.7 Å². The number of carboxylic acids is 1. The number of rotatable bonds is 5. The summed E-state index contributed by atoms with van der Waals surface area (Å²) in [4.78, 5) is 24.6. The zero-order valence-electron chi connectivity index (χ0n) is 13.7. The molecule has 1 N–H and O–H groups in total. The number of nitrogens with zero attached hydrogens (tertiary/aromatic N) is 1. The molecule has 1 saturated heterocycles. The third-order valence-electron chi connectivity index (χ3n) is 4.23. The van der Waals surface area contributed by atoms with Gasteiger partial charge in [-0.1, -0.05) is 23.7 Å². The first-order valence-corrected chi connectivity index (χ1v) is 8.33. The second kappa shape index (κ2) is 7.15. The third-order valence-corrected chi connectivity index (χ3v) is 4.46. The molecule has 1 aliphatic heterocycles. The van der Waals surface area contributed by atoms with Gasteiger partial charge in [-0.3, -0.25) is 9.59 Å². The molecule has 0 bridgehead atoms. The summed E-state index contributed by atoms with van der Waals surface area (Å²) >= 11 is 5.96. The molecule has 2 aromatic carbocycles. The molecule has 6 heteroatoms. The molecule has 1 unspecified atom stereocenters. The SMILES string of the molecule is Cc1cc(N2CC(C(=O)O)CC2=O)ccc1OCc1cccc(Cl)c1. The molecular formula is C19H18ClNO4. The highest BCUT2D eigenvalue weighted by atomic mass is 35.5. The topological polar surface area (TPSA) is 66.8 Å². The highest BCUT2D eigenvalue weighted by Crippen LogP contribution is 2.30. The molecule has 0 aromatic heterocycles. The molecule has 0 spiro atoms. The molecule has 0 saturated carbocycles. The monoisotopic (exact) mass is 359 g/mol. The van der Waals surface area contributed by atoms with Crippen LogP contribution in [-0.2, 0) is 16.2 Å². The maximum atomic E-state index is 12.0. The number of hydrogen-bond donors (Lipinski definition) is 1. The Labute approximate surface area is 150 Å². The lowest BCUT2D eigenvalue weighted by Crippen LogP contribution is -2.25. The van der Waals surface area contributed by atoms with Crippen molar-refractivity contribution < 1.29 is 19.4 Å². The van der Waals surface area contributed by atoms with Crippen LogP contribution in [0, 0.1) is 12.8 Å². The van der Waals surface area contributed by atoms with Crippen LogP contribution in [0.1, 0.15) is 17.5 Å². The van der Waals surface area contributed by atoms with Crippen LogP contribution >= 0.6 is 11.6 Å². The van der Waals surface area contributed by atoms with Crippen LogP contribution < -0.4 is 9.64 Å². The second-order valence-corrected chi connectivity index (χ2v) is 6.55. The Morgan fingerprint density at radius 1 is 1.32 bits per heavy atom. The predicted octanol–water partition coefficient (Wildman–Crippen LogP) is 3.66. The smallest absolute Gasteiger partial charge is 0.308 e. The first kappa shape index (κ1) is 17.3. The van der Waals surface area contributed by atoms with Gasteiger partial charge in [0.05, 0.1) is 5.92 Å². The van der Waals surface area contributed by atoms with Gasteiger partial charge in [0.25, 0.3) is 0 Å². The van der Waals surface area contributed by atoms with Crippen molar-refractivity contribution in [1.82, 2.24) is 0 Å². The Kier molecular flexibility index (Phi) is 4.95. The molecule has 3 rings (SSSR count). The lowest BCUT2D eigenvalue weighted by atomic mass is 10.1. The molecule has 5 nitrogen and oxygen atoms in total. The minimum Gasteiger partial charge on any atom is -0.489 e. The van der Waals surface area contributed by atoms with Crippen LogP contribution in [0.2, 0.25) is 5.02 Å². The fraction of sp³-hybridized carbons (Fsp3) is 0.263. The van der Waals surface area contributed by atoms with E-state index in [9.17, 15) is 9.59 Å². The van der Waals surface area contributed by atoms with Crippen LogP contribution in [0.5, 0.6) is 5.75 Å². The number of benzene rings is 2. The van der Waals surface area contributed by atoms with Crippen LogP contribution in [0.25, 0.3) is 0 Å². The van der Waals surface area contributed by atoms with E-state index < -0.39 is 11.9 Å². The number of carboxylic acid groups (broad SMARTS) is 1. The number of aryl methyl sites for hydroxylation is 1. The molecule has 0 aliphatic carbocycles. The molecule has 130 valence electrons. The summed E-state index contributed by atoms with van der Waals surface area (Å²) in [5.41, 5.74) is 2.54. The molecule has 0 radical (unpaired) electrons. The molecule has 2 aromatic rings. The van der Waals surface area contributed by atoms with Crippen LogP contribution in [-0.4, -0.2) is 23.5 Å². The van der Waals surface area contributed by atoms with Crippen LogP contribution in [0.15, 0.2) is 42.5 Å². The minimum absolute atomic E-state index is 0.0431. The lowest BCUT2D eigenvalue weighted by Gasteiger charge is -2.18. The van der Waals surface area contributed by atoms with E-state index in [1.54, 1.807) is 12.1 Å². The molecule has 1 amide bonds. The summed E-state index contributed by atoms with van der Waals surface area (Å²) in [7, 11) is 0. The van der Waals surface area contributed by atoms with Crippen molar-refractivity contribution in [2.24, 2.45) is 5.92 Å². The number of anilines is 1. The maximum absolute atomic E-state index is 12.0. The van der Waals surface area contributed by atoms with Gasteiger partial charge in [-0.25, -0.2) is 0 Å². The van der Waals surface area contributed by atoms with Crippen molar-refractivity contribution in [3.8, 4) is 5.75 Å². The largest absolute Gasteiger partial charge is 0.489 e. The lowest BCUT2D eigenvalue weighted by molar-refractivity contribution is -0.141. The Morgan fingerprint density at radius 3 is 2.76 bits per heavy atom. The quantitative estimate of drug-likeness (QED) is 0.884. The van der Waals surface area contributed by atoms with Gasteiger partial charge in [-0.2, -0.15) is 0 Å². The second-order valence-electron chi connectivity index (χ2n) is 6.11. The van der Waals surface area contributed by atoms with Gasteiger partial charge >= 0.3 is 5.97 Å². The zero-order chi connectivity index (χ0) is 18.0. The van der Waals surface area contributed by atoms with E-state index in [2.05, 4.69) is 0 Å². The average molecular weight is 360 g/mol. The fourth-order valence-corrected chi connectivity index (χ4v) is 3.09. The Morgan fingerprint density at radius 2 is 2.12 bits per heavy atom. The van der Waals surface area contributed by atoms with Gasteiger partial charge in [0.2, 0.25) is 5.91 Å². The highest BCUT2D eigenvalue weighted by molar-refractivity contribution is 6.30. The van der Waals surface area contributed by atoms with Gasteiger partial charge in [-0.05, 0) is 48.4 Å². The van der Waals surface area contributed by atoms with E-state index in [0.29, 0.717) is 23.1 Å². The van der Waals surface area contributed by atoms with Gasteiger partial charge in [0.1, 0.15) is 12.4 Å². The molecule has 1 heterocycles. The van der Waals surface area contributed by atoms with E-state index in [4.69, 9.17) is 21.4 Å². The van der Waals surface area contributed by atoms with Crippen molar-refractivity contribution in [2.45, 2.75) is 20.0 Å². The zero-order valence-corrected chi connectivity index (χ0v) is 14.5. The number of halogens is 1. The summed E-state index contributed by atoms with van der Waals surface area (Å²) in [6, 6.07) is 12.9. The summed E-state index contributed by atoms with van der Waals surface area (Å²) < 4.78 is 5.83. The van der Waals surface area contributed by atoms with E-state index in [1.807, 2.05) is 37.3 Å². The number of aliphatic carboxylic acids is 1. The van der Waals surface area contributed by atoms with Gasteiger partial charge in [0, 0.05) is 23.7 Å². The summed E-state index contributed by atoms with van der Waals surface area (Å²) in [6.45, 7) is 2.49. The van der Waals surface area contributed by atoms with Gasteiger partial charge in [0.15, 0.2) is 0 Å². The molecular weight excluding hydrogens is 342 g/mol. The van der Waals surface area contributed by atoms with Crippen molar-refractivity contribution >= 4 is 29.2 Å². The fourth-order valence-electron chi connectivity index (χ4n) is 2.87. The number of ether oxygens (including phenoxy) is 1. The highest BCUT2D eigenvalue weighted by Gasteiger charge is 2.35. The average Bonchev–Trinajstić information content (AvgIpc) is 2.96. The Balaban J connectivity index is 1.71. The van der Waals surface area contributed by atoms with Crippen LogP contribution in [0.3, 0.4) is 0 Å². The number of carbonyl (C=O) groups excluding carboxylic acids is 1. The normalized spacial score (nSPS) is 17.0. The standard InChI is InChI=1S/C19H18ClNO4/c1-12-7-16(21-10-14(19(23)24)9-18(21)22)5-6-17(12)25-11-13-3-2-4-15(20)8-13/h2-8,14H,9-11H2,1H3,(H,23,24). The van der Waals surface area contributed by atoms with Crippen molar-refractivity contribution in [3.05, 3.63) is 58.6 Å². The number of amides is 1. The summed E-state index contributed by atoms with van der Waals surface area (Å²) in [5.74, 6) is -1.04. The van der Waals surface area contributed by atoms with E-state index in [-0.39, 0.29) is 18.9 Å².